The molecular formula is C19H25N5O2. The average molecular weight is 355 g/mol. The van der Waals surface area contributed by atoms with Gasteiger partial charge in [-0.3, -0.25) is 0 Å². The molecular weight excluding hydrogens is 330 g/mol. The second-order valence-electron chi connectivity index (χ2n) is 6.12. The summed E-state index contributed by atoms with van der Waals surface area (Å²) in [6.45, 7) is 4.77. The van der Waals surface area contributed by atoms with E-state index in [4.69, 9.17) is 4.74 Å². The normalized spacial score (nSPS) is 14.0. The second kappa shape index (κ2) is 9.03. The molecule has 0 atom stereocenters. The minimum atomic E-state index is -0.316. The monoisotopic (exact) mass is 355 g/mol. The van der Waals surface area contributed by atoms with Crippen molar-refractivity contribution in [2.24, 2.45) is 0 Å². The van der Waals surface area contributed by atoms with Gasteiger partial charge in [0.2, 0.25) is 0 Å². The van der Waals surface area contributed by atoms with Crippen LogP contribution in [0.3, 0.4) is 0 Å². The van der Waals surface area contributed by atoms with Gasteiger partial charge >= 0.3 is 6.03 Å². The van der Waals surface area contributed by atoms with Crippen LogP contribution in [-0.2, 0) is 6.54 Å². The van der Waals surface area contributed by atoms with Gasteiger partial charge in [-0.1, -0.05) is 12.1 Å². The van der Waals surface area contributed by atoms with E-state index in [1.165, 1.54) is 19.3 Å². The topological polar surface area (TPSA) is 79.4 Å². The van der Waals surface area contributed by atoms with Gasteiger partial charge in [0.15, 0.2) is 0 Å². The summed E-state index contributed by atoms with van der Waals surface area (Å²) in [7, 11) is 0. The Morgan fingerprint density at radius 2 is 2.00 bits per heavy atom. The van der Waals surface area contributed by atoms with Crippen molar-refractivity contribution >= 4 is 17.5 Å². The molecule has 7 nitrogen and oxygen atoms in total. The van der Waals surface area contributed by atoms with E-state index < -0.39 is 0 Å². The molecule has 0 bridgehead atoms. The Kier molecular flexibility index (Phi) is 6.24. The third kappa shape index (κ3) is 4.84. The van der Waals surface area contributed by atoms with Crippen molar-refractivity contribution in [1.82, 2.24) is 15.3 Å². The van der Waals surface area contributed by atoms with Gasteiger partial charge in [-0.15, -0.1) is 0 Å². The third-order valence-electron chi connectivity index (χ3n) is 4.21. The number of hydrogen-bond donors (Lipinski definition) is 2. The predicted molar refractivity (Wildman–Crippen MR) is 102 cm³/mol. The number of hydrogen-bond acceptors (Lipinski definition) is 5. The Bertz CT molecular complexity index is 731. The number of ether oxygens (including phenoxy) is 1. The number of benzene rings is 1. The second-order valence-corrected chi connectivity index (χ2v) is 6.12. The number of carbonyl (C=O) groups excluding carboxylic acids is 1. The molecule has 1 saturated heterocycles. The zero-order valence-electron chi connectivity index (χ0n) is 15.1. The molecule has 1 aromatic heterocycles. The highest BCUT2D eigenvalue weighted by atomic mass is 16.5. The highest BCUT2D eigenvalue weighted by Crippen LogP contribution is 2.23. The minimum Gasteiger partial charge on any atom is -0.492 e. The molecule has 7 heteroatoms. The molecule has 2 N–H and O–H groups in total. The van der Waals surface area contributed by atoms with E-state index in [0.717, 1.165) is 18.9 Å². The number of nitrogens with one attached hydrogen (secondary N) is 2. The fraction of sp³-hybridized carbons (Fsp3) is 0.421. The number of carbonyl (C=O) groups is 1. The number of rotatable bonds is 6. The molecule has 3 rings (SSSR count). The van der Waals surface area contributed by atoms with Crippen LogP contribution >= 0.6 is 0 Å². The van der Waals surface area contributed by atoms with Gasteiger partial charge in [0.25, 0.3) is 0 Å². The fourth-order valence-electron chi connectivity index (χ4n) is 2.95. The van der Waals surface area contributed by atoms with Gasteiger partial charge in [0.05, 0.1) is 18.8 Å². The Morgan fingerprint density at radius 3 is 2.81 bits per heavy atom. The predicted octanol–water partition coefficient (Wildman–Crippen LogP) is 3.19. The quantitative estimate of drug-likeness (QED) is 0.832. The first-order chi connectivity index (χ1) is 12.8. The van der Waals surface area contributed by atoms with Crippen LogP contribution < -0.4 is 20.3 Å². The third-order valence-corrected chi connectivity index (χ3v) is 4.21. The van der Waals surface area contributed by atoms with Crippen LogP contribution in [0, 0.1) is 0 Å². The molecule has 138 valence electrons. The molecule has 1 aliphatic rings. The maximum Gasteiger partial charge on any atom is 0.319 e. The van der Waals surface area contributed by atoms with Crippen LogP contribution in [-0.4, -0.2) is 35.7 Å². The number of urea groups is 1. The molecule has 0 aliphatic carbocycles. The Labute approximate surface area is 153 Å². The largest absolute Gasteiger partial charge is 0.492 e. The summed E-state index contributed by atoms with van der Waals surface area (Å²) < 4.78 is 5.51. The van der Waals surface area contributed by atoms with Crippen molar-refractivity contribution in [3.63, 3.8) is 0 Å². The minimum absolute atomic E-state index is 0.268. The number of amides is 2. The van der Waals surface area contributed by atoms with E-state index in [-0.39, 0.29) is 12.6 Å². The molecule has 1 fully saturated rings. The molecule has 0 saturated carbocycles. The summed E-state index contributed by atoms with van der Waals surface area (Å²) in [6, 6.07) is 8.96. The molecule has 0 radical (unpaired) electrons. The number of piperidine rings is 1. The van der Waals surface area contributed by atoms with E-state index in [2.05, 4.69) is 25.5 Å². The number of aromatic nitrogens is 2. The van der Waals surface area contributed by atoms with E-state index >= 15 is 0 Å². The molecule has 1 aromatic carbocycles. The zero-order chi connectivity index (χ0) is 18.2. The first kappa shape index (κ1) is 18.0. The van der Waals surface area contributed by atoms with E-state index in [1.54, 1.807) is 12.3 Å². The standard InChI is InChI=1S/C19H25N5O2/c1-2-26-16-9-5-4-8-15(16)22-19(25)21-14-17-20-11-10-18(23-17)24-12-6-3-7-13-24/h4-5,8-11H,2-3,6-7,12-14H2,1H3,(H2,21,22,25). The molecule has 2 amide bonds. The van der Waals surface area contributed by atoms with Crippen molar-refractivity contribution in [3.8, 4) is 5.75 Å². The van der Waals surface area contributed by atoms with Crippen LogP contribution in [0.25, 0.3) is 0 Å². The average Bonchev–Trinajstić information content (AvgIpc) is 2.69. The Hall–Kier alpha value is -2.83. The highest BCUT2D eigenvalue weighted by molar-refractivity contribution is 5.90. The summed E-state index contributed by atoms with van der Waals surface area (Å²) in [5.74, 6) is 2.17. The zero-order valence-corrected chi connectivity index (χ0v) is 15.1. The van der Waals surface area contributed by atoms with Crippen LogP contribution in [0.15, 0.2) is 36.5 Å². The lowest BCUT2D eigenvalue weighted by atomic mass is 10.1. The fourth-order valence-corrected chi connectivity index (χ4v) is 2.95. The summed E-state index contributed by atoms with van der Waals surface area (Å²) in [6.07, 6.45) is 5.41. The van der Waals surface area contributed by atoms with Crippen molar-refractivity contribution in [2.45, 2.75) is 32.7 Å². The Morgan fingerprint density at radius 1 is 1.19 bits per heavy atom. The molecule has 26 heavy (non-hydrogen) atoms. The number of nitrogens with zero attached hydrogens (tertiary/aromatic N) is 3. The van der Waals surface area contributed by atoms with Gasteiger partial charge in [0.1, 0.15) is 17.4 Å². The summed E-state index contributed by atoms with van der Waals surface area (Å²) in [5.41, 5.74) is 0.634. The maximum absolute atomic E-state index is 12.2. The molecule has 0 unspecified atom stereocenters. The van der Waals surface area contributed by atoms with Crippen molar-refractivity contribution in [2.75, 3.05) is 29.9 Å². The molecule has 1 aliphatic heterocycles. The van der Waals surface area contributed by atoms with Crippen LogP contribution in [0.2, 0.25) is 0 Å². The van der Waals surface area contributed by atoms with E-state index in [9.17, 15) is 4.79 Å². The lowest BCUT2D eigenvalue weighted by Gasteiger charge is -2.27. The van der Waals surface area contributed by atoms with Crippen LogP contribution in [0.1, 0.15) is 32.0 Å². The van der Waals surface area contributed by atoms with Crippen molar-refractivity contribution < 1.29 is 9.53 Å². The Balaban J connectivity index is 1.56. The van der Waals surface area contributed by atoms with Gasteiger partial charge in [0, 0.05) is 19.3 Å². The van der Waals surface area contributed by atoms with Crippen LogP contribution in [0.5, 0.6) is 5.75 Å². The van der Waals surface area contributed by atoms with Gasteiger partial charge in [-0.05, 0) is 44.4 Å². The van der Waals surface area contributed by atoms with Gasteiger partial charge in [-0.2, -0.15) is 0 Å². The van der Waals surface area contributed by atoms with Crippen LogP contribution in [0.4, 0.5) is 16.3 Å². The molecule has 2 aromatic rings. The van der Waals surface area contributed by atoms with Crippen molar-refractivity contribution in [3.05, 3.63) is 42.4 Å². The summed E-state index contributed by atoms with van der Waals surface area (Å²) >= 11 is 0. The molecule has 0 spiro atoms. The highest BCUT2D eigenvalue weighted by Gasteiger charge is 2.13. The summed E-state index contributed by atoms with van der Waals surface area (Å²) in [4.78, 5) is 23.3. The lowest BCUT2D eigenvalue weighted by Crippen LogP contribution is -2.31. The SMILES string of the molecule is CCOc1ccccc1NC(=O)NCc1nccc(N2CCCCC2)n1. The van der Waals surface area contributed by atoms with Crippen molar-refractivity contribution in [1.29, 1.82) is 0 Å². The first-order valence-corrected chi connectivity index (χ1v) is 9.10. The summed E-state index contributed by atoms with van der Waals surface area (Å²) in [5, 5.41) is 5.60. The number of para-hydroxylation sites is 2. The lowest BCUT2D eigenvalue weighted by molar-refractivity contribution is 0.251. The first-order valence-electron chi connectivity index (χ1n) is 9.10. The van der Waals surface area contributed by atoms with E-state index in [0.29, 0.717) is 23.9 Å². The smallest absolute Gasteiger partial charge is 0.319 e. The maximum atomic E-state index is 12.2. The molecule has 2 heterocycles. The van der Waals surface area contributed by atoms with Gasteiger partial charge < -0.3 is 20.3 Å². The number of anilines is 2. The van der Waals surface area contributed by atoms with Gasteiger partial charge in [-0.25, -0.2) is 14.8 Å². The van der Waals surface area contributed by atoms with E-state index in [1.807, 2.05) is 31.2 Å².